The van der Waals surface area contributed by atoms with E-state index in [2.05, 4.69) is 5.32 Å². The molecule has 2 aromatic rings. The molecule has 1 saturated heterocycles. The minimum absolute atomic E-state index is 0.0771. The van der Waals surface area contributed by atoms with Gasteiger partial charge in [-0.1, -0.05) is 0 Å². The van der Waals surface area contributed by atoms with E-state index >= 15 is 0 Å². The summed E-state index contributed by atoms with van der Waals surface area (Å²) in [7, 11) is 1.54. The fraction of sp³-hybridized carbons (Fsp3) is 0.364. The number of nitrogens with zero attached hydrogens (tertiary/aromatic N) is 2. The first-order chi connectivity index (χ1) is 14.5. The fourth-order valence-electron chi connectivity index (χ4n) is 3.30. The zero-order valence-electron chi connectivity index (χ0n) is 17.2. The largest absolute Gasteiger partial charge is 0.493 e. The van der Waals surface area contributed by atoms with Crippen LogP contribution >= 0.6 is 0 Å². The van der Waals surface area contributed by atoms with Crippen molar-refractivity contribution in [1.29, 1.82) is 0 Å². The van der Waals surface area contributed by atoms with E-state index in [4.69, 9.17) is 9.47 Å². The van der Waals surface area contributed by atoms with E-state index < -0.39 is 0 Å². The summed E-state index contributed by atoms with van der Waals surface area (Å²) in [6.07, 6.45) is 0. The number of anilines is 1. The molecule has 2 aromatic carbocycles. The van der Waals surface area contributed by atoms with Gasteiger partial charge in [0.25, 0.3) is 5.91 Å². The number of benzene rings is 2. The van der Waals surface area contributed by atoms with Gasteiger partial charge in [-0.05, 0) is 49.4 Å². The number of hydrogen-bond donors (Lipinski definition) is 1. The van der Waals surface area contributed by atoms with Crippen LogP contribution in [-0.4, -0.2) is 68.1 Å². The molecule has 0 saturated carbocycles. The van der Waals surface area contributed by atoms with Gasteiger partial charge in [-0.15, -0.1) is 0 Å². The van der Waals surface area contributed by atoms with Gasteiger partial charge in [0.1, 0.15) is 5.82 Å². The van der Waals surface area contributed by atoms with E-state index in [1.54, 1.807) is 30.2 Å². The van der Waals surface area contributed by atoms with E-state index in [0.29, 0.717) is 55.5 Å². The first-order valence-corrected chi connectivity index (χ1v) is 9.88. The minimum atomic E-state index is -0.348. The Morgan fingerprint density at radius 1 is 1.03 bits per heavy atom. The number of amides is 2. The van der Waals surface area contributed by atoms with Crippen LogP contribution in [-0.2, 0) is 4.79 Å². The molecule has 7 nitrogen and oxygen atoms in total. The maximum atomic E-state index is 13.0. The molecule has 0 atom stereocenters. The number of ether oxygens (including phenoxy) is 2. The summed E-state index contributed by atoms with van der Waals surface area (Å²) in [5.74, 6) is 0.538. The zero-order chi connectivity index (χ0) is 21.5. The molecule has 160 valence electrons. The van der Waals surface area contributed by atoms with Crippen molar-refractivity contribution in [1.82, 2.24) is 9.80 Å². The zero-order valence-corrected chi connectivity index (χ0v) is 17.2. The number of rotatable bonds is 7. The van der Waals surface area contributed by atoms with Crippen LogP contribution in [0.2, 0.25) is 0 Å². The predicted molar refractivity (Wildman–Crippen MR) is 112 cm³/mol. The van der Waals surface area contributed by atoms with Crippen LogP contribution in [0, 0.1) is 5.82 Å². The normalized spacial score (nSPS) is 14.3. The summed E-state index contributed by atoms with van der Waals surface area (Å²) in [6.45, 7) is 4.86. The Morgan fingerprint density at radius 2 is 1.73 bits per heavy atom. The van der Waals surface area contributed by atoms with Crippen LogP contribution in [0.3, 0.4) is 0 Å². The van der Waals surface area contributed by atoms with E-state index in [0.717, 1.165) is 0 Å². The summed E-state index contributed by atoms with van der Waals surface area (Å²) in [5, 5.41) is 2.75. The van der Waals surface area contributed by atoms with Crippen molar-refractivity contribution in [2.75, 3.05) is 51.8 Å². The third-order valence-corrected chi connectivity index (χ3v) is 4.87. The minimum Gasteiger partial charge on any atom is -0.493 e. The van der Waals surface area contributed by atoms with Gasteiger partial charge < -0.3 is 19.7 Å². The molecular formula is C22H26FN3O4. The average molecular weight is 415 g/mol. The van der Waals surface area contributed by atoms with Gasteiger partial charge in [0, 0.05) is 37.4 Å². The number of carbonyl (C=O) groups excluding carboxylic acids is 2. The first-order valence-electron chi connectivity index (χ1n) is 9.88. The average Bonchev–Trinajstić information content (AvgIpc) is 2.76. The van der Waals surface area contributed by atoms with Crippen LogP contribution in [0.25, 0.3) is 0 Å². The lowest BCUT2D eigenvalue weighted by atomic mass is 10.1. The molecule has 2 amide bonds. The molecule has 1 N–H and O–H groups in total. The molecule has 1 aliphatic rings. The second-order valence-electron chi connectivity index (χ2n) is 6.92. The van der Waals surface area contributed by atoms with E-state index in [9.17, 15) is 14.0 Å². The Kier molecular flexibility index (Phi) is 7.24. The molecule has 1 aliphatic heterocycles. The quantitative estimate of drug-likeness (QED) is 0.753. The molecule has 0 spiro atoms. The van der Waals surface area contributed by atoms with Crippen LogP contribution in [0.1, 0.15) is 17.3 Å². The Hall–Kier alpha value is -3.13. The smallest absolute Gasteiger partial charge is 0.254 e. The molecular weight excluding hydrogens is 389 g/mol. The number of piperazine rings is 1. The van der Waals surface area contributed by atoms with Crippen molar-refractivity contribution in [3.8, 4) is 11.5 Å². The lowest BCUT2D eigenvalue weighted by Crippen LogP contribution is -2.50. The van der Waals surface area contributed by atoms with Crippen molar-refractivity contribution in [3.05, 3.63) is 53.8 Å². The summed E-state index contributed by atoms with van der Waals surface area (Å²) >= 11 is 0. The van der Waals surface area contributed by atoms with Gasteiger partial charge in [0.15, 0.2) is 11.5 Å². The van der Waals surface area contributed by atoms with Crippen molar-refractivity contribution in [2.45, 2.75) is 6.92 Å². The highest BCUT2D eigenvalue weighted by Crippen LogP contribution is 2.28. The van der Waals surface area contributed by atoms with Gasteiger partial charge in [-0.2, -0.15) is 0 Å². The van der Waals surface area contributed by atoms with Crippen LogP contribution in [0.4, 0.5) is 10.1 Å². The standard InChI is InChI=1S/C22H26FN3O4/c1-3-30-19-9-4-16(14-20(19)29-2)22(28)26-12-10-25(11-13-26)15-21(27)24-18-7-5-17(23)6-8-18/h4-9,14H,3,10-13,15H2,1-2H3,(H,24,27). The maximum absolute atomic E-state index is 13.0. The highest BCUT2D eigenvalue weighted by molar-refractivity contribution is 5.95. The van der Waals surface area contributed by atoms with Crippen molar-refractivity contribution in [2.24, 2.45) is 0 Å². The molecule has 0 radical (unpaired) electrons. The molecule has 3 rings (SSSR count). The van der Waals surface area contributed by atoms with Gasteiger partial charge in [-0.25, -0.2) is 4.39 Å². The van der Waals surface area contributed by atoms with E-state index in [1.165, 1.54) is 24.3 Å². The first kappa shape index (κ1) is 21.6. The third-order valence-electron chi connectivity index (χ3n) is 4.87. The molecule has 1 fully saturated rings. The molecule has 0 bridgehead atoms. The van der Waals surface area contributed by atoms with E-state index in [1.807, 2.05) is 11.8 Å². The molecule has 30 heavy (non-hydrogen) atoms. The summed E-state index contributed by atoms with van der Waals surface area (Å²) < 4.78 is 23.8. The number of hydrogen-bond acceptors (Lipinski definition) is 5. The van der Waals surface area contributed by atoms with Crippen molar-refractivity contribution >= 4 is 17.5 Å². The van der Waals surface area contributed by atoms with Gasteiger partial charge in [0.05, 0.1) is 20.3 Å². The molecule has 0 unspecified atom stereocenters. The lowest BCUT2D eigenvalue weighted by Gasteiger charge is -2.34. The van der Waals surface area contributed by atoms with Gasteiger partial charge >= 0.3 is 0 Å². The predicted octanol–water partition coefficient (Wildman–Crippen LogP) is 2.63. The highest BCUT2D eigenvalue weighted by atomic mass is 19.1. The number of halogens is 1. The molecule has 8 heteroatoms. The molecule has 0 aliphatic carbocycles. The lowest BCUT2D eigenvalue weighted by molar-refractivity contribution is -0.117. The van der Waals surface area contributed by atoms with Crippen molar-refractivity contribution < 1.29 is 23.5 Å². The topological polar surface area (TPSA) is 71.1 Å². The van der Waals surface area contributed by atoms with Crippen molar-refractivity contribution in [3.63, 3.8) is 0 Å². The third kappa shape index (κ3) is 5.48. The molecule has 1 heterocycles. The van der Waals surface area contributed by atoms with Crippen LogP contribution in [0.15, 0.2) is 42.5 Å². The van der Waals surface area contributed by atoms with E-state index in [-0.39, 0.29) is 24.2 Å². The Balaban J connectivity index is 1.51. The number of methoxy groups -OCH3 is 1. The maximum Gasteiger partial charge on any atom is 0.254 e. The Morgan fingerprint density at radius 3 is 2.37 bits per heavy atom. The Labute approximate surface area is 175 Å². The fourth-order valence-corrected chi connectivity index (χ4v) is 3.30. The van der Waals surface area contributed by atoms with Gasteiger partial charge in [-0.3, -0.25) is 14.5 Å². The second kappa shape index (κ2) is 10.1. The highest BCUT2D eigenvalue weighted by Gasteiger charge is 2.24. The molecule has 0 aromatic heterocycles. The van der Waals surface area contributed by atoms with Crippen LogP contribution < -0.4 is 14.8 Å². The summed E-state index contributed by atoms with van der Waals surface area (Å²) in [5.41, 5.74) is 1.09. The monoisotopic (exact) mass is 415 g/mol. The van der Waals surface area contributed by atoms with Crippen LogP contribution in [0.5, 0.6) is 11.5 Å². The summed E-state index contributed by atoms with van der Waals surface area (Å²) in [6, 6.07) is 10.8. The number of nitrogens with one attached hydrogen (secondary N) is 1. The van der Waals surface area contributed by atoms with Gasteiger partial charge in [0.2, 0.25) is 5.91 Å². The Bertz CT molecular complexity index is 880. The SMILES string of the molecule is CCOc1ccc(C(=O)N2CCN(CC(=O)Nc3ccc(F)cc3)CC2)cc1OC. The second-order valence-corrected chi connectivity index (χ2v) is 6.92. The number of carbonyl (C=O) groups is 2. The summed E-state index contributed by atoms with van der Waals surface area (Å²) in [4.78, 5) is 28.8.